The van der Waals surface area contributed by atoms with Gasteiger partial charge in [-0.15, -0.1) is 0 Å². The highest BCUT2D eigenvalue weighted by Gasteiger charge is 2.32. The van der Waals surface area contributed by atoms with Crippen molar-refractivity contribution in [2.24, 2.45) is 13.0 Å². The Morgan fingerprint density at radius 2 is 1.74 bits per heavy atom. The zero-order valence-corrected chi connectivity index (χ0v) is 22.1. The molecule has 5 rings (SSSR count). The van der Waals surface area contributed by atoms with Crippen LogP contribution in [0, 0.1) is 11.7 Å². The Morgan fingerprint density at radius 1 is 1.00 bits per heavy atom. The first-order valence-corrected chi connectivity index (χ1v) is 13.5. The molecule has 1 N–H and O–H groups in total. The van der Waals surface area contributed by atoms with E-state index >= 15 is 0 Å². The van der Waals surface area contributed by atoms with Gasteiger partial charge >= 0.3 is 0 Å². The minimum Gasteiger partial charge on any atom is -0.338 e. The number of ketones is 1. The van der Waals surface area contributed by atoms with Crippen LogP contribution in [0.2, 0.25) is 0 Å². The maximum Gasteiger partial charge on any atom is 0.270 e. The summed E-state index contributed by atoms with van der Waals surface area (Å²) in [5.74, 6) is -0.353. The first kappa shape index (κ1) is 26.1. The molecule has 1 atom stereocenters. The number of amides is 2. The molecule has 3 aromatic rings. The molecule has 2 aliphatic rings. The van der Waals surface area contributed by atoms with Gasteiger partial charge in [0.25, 0.3) is 5.91 Å². The van der Waals surface area contributed by atoms with Gasteiger partial charge in [-0.3, -0.25) is 14.4 Å². The zero-order valence-electron chi connectivity index (χ0n) is 22.1. The Bertz CT molecular complexity index is 1340. The number of carbonyl (C=O) groups is 3. The molecule has 0 spiro atoms. The normalized spacial score (nSPS) is 18.7. The molecule has 0 bridgehead atoms. The average molecular weight is 519 g/mol. The van der Waals surface area contributed by atoms with Gasteiger partial charge in [-0.05, 0) is 81.6 Å². The number of halogens is 1. The van der Waals surface area contributed by atoms with Crippen LogP contribution in [-0.2, 0) is 11.8 Å². The molecule has 2 aliphatic heterocycles. The largest absolute Gasteiger partial charge is 0.338 e. The molecular formula is C30H35FN4O3. The number of aromatic nitrogens is 1. The molecule has 2 amide bonds. The molecule has 1 aromatic heterocycles. The van der Waals surface area contributed by atoms with Crippen molar-refractivity contribution in [3.05, 3.63) is 65.6 Å². The first-order chi connectivity index (χ1) is 18.3. The van der Waals surface area contributed by atoms with Crippen molar-refractivity contribution in [1.29, 1.82) is 0 Å². The SMILES string of the molecule is CC(=O)Nc1cccc2cc(C(=O)N3CCC[C@H]3CCN3CCC(C(=O)c4ccc(F)cc4)CC3)n(C)c12. The molecule has 2 aromatic carbocycles. The minimum atomic E-state index is -0.328. The van der Waals surface area contributed by atoms with Gasteiger partial charge in [-0.2, -0.15) is 0 Å². The van der Waals surface area contributed by atoms with Crippen molar-refractivity contribution in [3.63, 3.8) is 0 Å². The van der Waals surface area contributed by atoms with E-state index in [2.05, 4.69) is 10.2 Å². The van der Waals surface area contributed by atoms with Crippen LogP contribution in [0.1, 0.15) is 59.9 Å². The second-order valence-electron chi connectivity index (χ2n) is 10.6. The van der Waals surface area contributed by atoms with Crippen LogP contribution in [0.4, 0.5) is 10.1 Å². The lowest BCUT2D eigenvalue weighted by molar-refractivity contribution is -0.114. The monoisotopic (exact) mass is 518 g/mol. The molecule has 0 aliphatic carbocycles. The Balaban J connectivity index is 1.19. The van der Waals surface area contributed by atoms with Gasteiger partial charge in [0, 0.05) is 50.0 Å². The third kappa shape index (κ3) is 5.36. The van der Waals surface area contributed by atoms with E-state index in [1.54, 1.807) is 12.1 Å². The predicted octanol–water partition coefficient (Wildman–Crippen LogP) is 4.87. The van der Waals surface area contributed by atoms with Crippen molar-refractivity contribution >= 4 is 34.2 Å². The van der Waals surface area contributed by atoms with Crippen molar-refractivity contribution in [3.8, 4) is 0 Å². The van der Waals surface area contributed by atoms with E-state index in [0.717, 1.165) is 69.2 Å². The van der Waals surface area contributed by atoms with Crippen LogP contribution in [0.3, 0.4) is 0 Å². The highest BCUT2D eigenvalue weighted by molar-refractivity contribution is 6.05. The smallest absolute Gasteiger partial charge is 0.270 e. The Labute approximate surface area is 222 Å². The van der Waals surface area contributed by atoms with E-state index in [1.807, 2.05) is 40.8 Å². The van der Waals surface area contributed by atoms with Crippen molar-refractivity contribution in [2.75, 3.05) is 31.5 Å². The predicted molar refractivity (Wildman–Crippen MR) is 146 cm³/mol. The minimum absolute atomic E-state index is 0.0184. The van der Waals surface area contributed by atoms with E-state index in [4.69, 9.17) is 0 Å². The average Bonchev–Trinajstić information content (AvgIpc) is 3.52. The summed E-state index contributed by atoms with van der Waals surface area (Å²) in [5.41, 5.74) is 2.77. The molecule has 2 fully saturated rings. The molecule has 0 unspecified atom stereocenters. The van der Waals surface area contributed by atoms with Gasteiger partial charge in [0.05, 0.1) is 11.2 Å². The van der Waals surface area contributed by atoms with E-state index in [9.17, 15) is 18.8 Å². The molecule has 38 heavy (non-hydrogen) atoms. The summed E-state index contributed by atoms with van der Waals surface area (Å²) in [7, 11) is 1.88. The third-order valence-electron chi connectivity index (χ3n) is 8.09. The van der Waals surface area contributed by atoms with Crippen molar-refractivity contribution in [1.82, 2.24) is 14.4 Å². The summed E-state index contributed by atoms with van der Waals surface area (Å²) in [6.45, 7) is 4.83. The number of anilines is 1. The quantitative estimate of drug-likeness (QED) is 0.453. The topological polar surface area (TPSA) is 74.7 Å². The second-order valence-corrected chi connectivity index (χ2v) is 10.6. The maximum absolute atomic E-state index is 13.6. The maximum atomic E-state index is 13.6. The number of fused-ring (bicyclic) bond motifs is 1. The third-order valence-corrected chi connectivity index (χ3v) is 8.09. The fraction of sp³-hybridized carbons (Fsp3) is 0.433. The number of Topliss-reactive ketones (excluding diaryl/α,β-unsaturated/α-hetero) is 1. The lowest BCUT2D eigenvalue weighted by Gasteiger charge is -2.33. The van der Waals surface area contributed by atoms with E-state index in [0.29, 0.717) is 16.9 Å². The van der Waals surface area contributed by atoms with Crippen LogP contribution < -0.4 is 5.32 Å². The van der Waals surface area contributed by atoms with Crippen LogP contribution in [0.25, 0.3) is 10.9 Å². The summed E-state index contributed by atoms with van der Waals surface area (Å²) >= 11 is 0. The molecule has 0 radical (unpaired) electrons. The van der Waals surface area contributed by atoms with Gasteiger partial charge in [0.1, 0.15) is 11.5 Å². The number of nitrogens with one attached hydrogen (secondary N) is 1. The number of aryl methyl sites for hydroxylation is 1. The van der Waals surface area contributed by atoms with Crippen LogP contribution in [0.15, 0.2) is 48.5 Å². The molecule has 2 saturated heterocycles. The highest BCUT2D eigenvalue weighted by Crippen LogP contribution is 2.30. The van der Waals surface area contributed by atoms with Crippen LogP contribution in [-0.4, -0.2) is 64.2 Å². The number of hydrogen-bond donors (Lipinski definition) is 1. The lowest BCUT2D eigenvalue weighted by atomic mass is 9.88. The lowest BCUT2D eigenvalue weighted by Crippen LogP contribution is -2.41. The molecule has 200 valence electrons. The van der Waals surface area contributed by atoms with Crippen LogP contribution >= 0.6 is 0 Å². The van der Waals surface area contributed by atoms with Gasteiger partial charge in [-0.25, -0.2) is 4.39 Å². The number of para-hydroxylation sites is 1. The number of hydrogen-bond acceptors (Lipinski definition) is 4. The summed E-state index contributed by atoms with van der Waals surface area (Å²) in [5, 5.41) is 3.80. The summed E-state index contributed by atoms with van der Waals surface area (Å²) in [4.78, 5) is 42.5. The summed E-state index contributed by atoms with van der Waals surface area (Å²) in [6.07, 6.45) is 4.49. The number of piperidine rings is 1. The van der Waals surface area contributed by atoms with Crippen molar-refractivity contribution in [2.45, 2.75) is 45.1 Å². The number of rotatable bonds is 7. The molecule has 8 heteroatoms. The zero-order chi connectivity index (χ0) is 26.8. The molecular weight excluding hydrogens is 483 g/mol. The standard InChI is InChI=1S/C30H35FN4O3/c1-20(36)32-26-7-3-5-23-19-27(33(2)28(23)26)30(38)35-15-4-6-25(35)14-18-34-16-12-22(13-17-34)29(37)21-8-10-24(31)11-9-21/h3,5,7-11,19,22,25H,4,6,12-18H2,1-2H3,(H,32,36)/t25-/m0/s1. The van der Waals surface area contributed by atoms with Gasteiger partial charge < -0.3 is 19.7 Å². The number of carbonyl (C=O) groups excluding carboxylic acids is 3. The number of likely N-dealkylation sites (tertiary alicyclic amines) is 2. The fourth-order valence-corrected chi connectivity index (χ4v) is 6.06. The highest BCUT2D eigenvalue weighted by atomic mass is 19.1. The van der Waals surface area contributed by atoms with Gasteiger partial charge in [-0.1, -0.05) is 12.1 Å². The van der Waals surface area contributed by atoms with Gasteiger partial charge in [0.15, 0.2) is 5.78 Å². The summed E-state index contributed by atoms with van der Waals surface area (Å²) in [6, 6.07) is 13.6. The van der Waals surface area contributed by atoms with E-state index in [1.165, 1.54) is 19.1 Å². The molecule has 7 nitrogen and oxygen atoms in total. The van der Waals surface area contributed by atoms with E-state index in [-0.39, 0.29) is 35.4 Å². The van der Waals surface area contributed by atoms with Gasteiger partial charge in [0.2, 0.25) is 5.91 Å². The van der Waals surface area contributed by atoms with E-state index < -0.39 is 0 Å². The Hall–Kier alpha value is -3.52. The summed E-state index contributed by atoms with van der Waals surface area (Å²) < 4.78 is 15.1. The number of benzene rings is 2. The first-order valence-electron chi connectivity index (χ1n) is 13.5. The van der Waals surface area contributed by atoms with Crippen LogP contribution in [0.5, 0.6) is 0 Å². The Kier molecular flexibility index (Phi) is 7.61. The Morgan fingerprint density at radius 3 is 2.45 bits per heavy atom. The molecule has 3 heterocycles. The number of nitrogens with zero attached hydrogens (tertiary/aromatic N) is 3. The van der Waals surface area contributed by atoms with Crippen molar-refractivity contribution < 1.29 is 18.8 Å². The fourth-order valence-electron chi connectivity index (χ4n) is 6.06. The second kappa shape index (κ2) is 11.1. The molecule has 0 saturated carbocycles.